The highest BCUT2D eigenvalue weighted by molar-refractivity contribution is 7.18. The normalized spacial score (nSPS) is 11.8. The second kappa shape index (κ2) is 9.51. The first kappa shape index (κ1) is 22.6. The summed E-state index contributed by atoms with van der Waals surface area (Å²) in [5.74, 6) is -1.25. The molecule has 2 amide bonds. The van der Waals surface area contributed by atoms with Crippen molar-refractivity contribution in [2.24, 2.45) is 0 Å². The van der Waals surface area contributed by atoms with Gasteiger partial charge in [-0.05, 0) is 61.4 Å². The van der Waals surface area contributed by atoms with Gasteiger partial charge in [-0.15, -0.1) is 11.3 Å². The van der Waals surface area contributed by atoms with E-state index in [4.69, 9.17) is 11.6 Å². The van der Waals surface area contributed by atoms with Crippen molar-refractivity contribution in [1.29, 1.82) is 0 Å². The largest absolute Gasteiger partial charge is 0.345 e. The van der Waals surface area contributed by atoms with Gasteiger partial charge in [0.25, 0.3) is 11.8 Å². The molecule has 7 nitrogen and oxygen atoms in total. The monoisotopic (exact) mass is 483 g/mol. The molecule has 0 aliphatic carbocycles. The lowest BCUT2D eigenvalue weighted by Crippen LogP contribution is -2.26. The van der Waals surface area contributed by atoms with E-state index in [1.165, 1.54) is 18.5 Å². The second-order valence-electron chi connectivity index (χ2n) is 7.33. The first-order valence-electron chi connectivity index (χ1n) is 9.94. The molecule has 168 valence electrons. The molecule has 1 unspecified atom stereocenters. The Kier molecular flexibility index (Phi) is 6.52. The molecule has 0 fully saturated rings. The first-order chi connectivity index (χ1) is 15.8. The lowest BCUT2D eigenvalue weighted by molar-refractivity contribution is 0.0942. The minimum absolute atomic E-state index is 0.0161. The van der Waals surface area contributed by atoms with Gasteiger partial charge in [0.2, 0.25) is 0 Å². The number of aryl methyl sites for hydroxylation is 1. The van der Waals surface area contributed by atoms with Gasteiger partial charge in [-0.1, -0.05) is 23.7 Å². The molecule has 4 rings (SSSR count). The van der Waals surface area contributed by atoms with Crippen LogP contribution in [0.4, 0.5) is 9.39 Å². The number of hydrogen-bond donors (Lipinski definition) is 2. The summed E-state index contributed by atoms with van der Waals surface area (Å²) < 4.78 is 14.9. The lowest BCUT2D eigenvalue weighted by atomic mass is 10.1. The maximum absolute atomic E-state index is 13.2. The summed E-state index contributed by atoms with van der Waals surface area (Å²) in [6.07, 6.45) is 3.07. The van der Waals surface area contributed by atoms with Crippen LogP contribution in [0, 0.1) is 12.7 Å². The van der Waals surface area contributed by atoms with Crippen molar-refractivity contribution in [3.8, 4) is 5.69 Å². The zero-order valence-electron chi connectivity index (χ0n) is 17.7. The van der Waals surface area contributed by atoms with E-state index in [0.29, 0.717) is 9.88 Å². The summed E-state index contributed by atoms with van der Waals surface area (Å²) in [4.78, 5) is 29.8. The van der Waals surface area contributed by atoms with Gasteiger partial charge in [0.05, 0.1) is 32.2 Å². The van der Waals surface area contributed by atoms with Gasteiger partial charge in [-0.2, -0.15) is 5.10 Å². The van der Waals surface area contributed by atoms with Gasteiger partial charge in [0, 0.05) is 0 Å². The summed E-state index contributed by atoms with van der Waals surface area (Å²) in [5.41, 5.74) is 2.68. The maximum Gasteiger partial charge on any atom is 0.262 e. The second-order valence-corrected chi connectivity index (χ2v) is 8.79. The van der Waals surface area contributed by atoms with Crippen LogP contribution in [0.15, 0.2) is 61.2 Å². The third-order valence-corrected chi connectivity index (χ3v) is 6.42. The Balaban J connectivity index is 1.43. The standard InChI is InChI=1S/C23H19ClFN5O2S/c1-13-9-20(29-22(31)18-8-5-16(25)10-19(18)24)33-21(13)23(32)28-14(2)15-3-6-17(7-4-15)30-12-26-11-27-30/h3-12,14H,1-2H3,(H,28,32)(H,29,31). The maximum atomic E-state index is 13.2. The fraction of sp³-hybridized carbons (Fsp3) is 0.130. The molecule has 0 radical (unpaired) electrons. The van der Waals surface area contributed by atoms with E-state index in [1.807, 2.05) is 31.2 Å². The van der Waals surface area contributed by atoms with Crippen molar-refractivity contribution in [2.45, 2.75) is 19.9 Å². The van der Waals surface area contributed by atoms with E-state index in [9.17, 15) is 14.0 Å². The number of thiophene rings is 1. The molecule has 2 N–H and O–H groups in total. The predicted octanol–water partition coefficient (Wildman–Crippen LogP) is 5.17. The van der Waals surface area contributed by atoms with Crippen LogP contribution in [0.5, 0.6) is 0 Å². The Bertz CT molecular complexity index is 1310. The van der Waals surface area contributed by atoms with Crippen LogP contribution >= 0.6 is 22.9 Å². The van der Waals surface area contributed by atoms with Crippen molar-refractivity contribution in [3.05, 3.63) is 93.6 Å². The highest BCUT2D eigenvalue weighted by atomic mass is 35.5. The third kappa shape index (κ3) is 5.10. The van der Waals surface area contributed by atoms with Gasteiger partial charge >= 0.3 is 0 Å². The number of rotatable bonds is 6. The smallest absolute Gasteiger partial charge is 0.262 e. The number of benzene rings is 2. The third-order valence-electron chi connectivity index (χ3n) is 4.96. The van der Waals surface area contributed by atoms with E-state index >= 15 is 0 Å². The number of hydrogen-bond acceptors (Lipinski definition) is 5. The Labute approximate surface area is 198 Å². The zero-order valence-corrected chi connectivity index (χ0v) is 19.2. The van der Waals surface area contributed by atoms with E-state index in [-0.39, 0.29) is 22.5 Å². The van der Waals surface area contributed by atoms with Crippen LogP contribution in [0.3, 0.4) is 0 Å². The van der Waals surface area contributed by atoms with E-state index in [0.717, 1.165) is 34.2 Å². The fourth-order valence-corrected chi connectivity index (χ4v) is 4.45. The van der Waals surface area contributed by atoms with Crippen LogP contribution in [0.1, 0.15) is 44.1 Å². The molecule has 2 heterocycles. The number of nitrogens with one attached hydrogen (secondary N) is 2. The molecule has 2 aromatic heterocycles. The van der Waals surface area contributed by atoms with E-state index in [2.05, 4.69) is 20.7 Å². The minimum Gasteiger partial charge on any atom is -0.345 e. The molecule has 10 heteroatoms. The average molecular weight is 484 g/mol. The number of halogens is 2. The lowest BCUT2D eigenvalue weighted by Gasteiger charge is -2.14. The Morgan fingerprint density at radius 3 is 2.55 bits per heavy atom. The van der Waals surface area contributed by atoms with Gasteiger partial charge in [-0.25, -0.2) is 14.1 Å². The summed E-state index contributed by atoms with van der Waals surface area (Å²) in [5, 5.41) is 10.3. The Hall–Kier alpha value is -3.56. The Morgan fingerprint density at radius 2 is 1.88 bits per heavy atom. The van der Waals surface area contributed by atoms with Crippen LogP contribution in [0.25, 0.3) is 5.69 Å². The molecule has 0 saturated heterocycles. The number of carbonyl (C=O) groups excluding carboxylic acids is 2. The first-order valence-corrected chi connectivity index (χ1v) is 11.1. The molecule has 33 heavy (non-hydrogen) atoms. The molecule has 0 bridgehead atoms. The highest BCUT2D eigenvalue weighted by Crippen LogP contribution is 2.29. The number of aromatic nitrogens is 3. The van der Waals surface area contributed by atoms with E-state index < -0.39 is 11.7 Å². The summed E-state index contributed by atoms with van der Waals surface area (Å²) in [7, 11) is 0. The van der Waals surface area contributed by atoms with Crippen LogP contribution in [-0.4, -0.2) is 26.6 Å². The SMILES string of the molecule is Cc1cc(NC(=O)c2ccc(F)cc2Cl)sc1C(=O)NC(C)c1ccc(-n2cncn2)cc1. The van der Waals surface area contributed by atoms with Gasteiger partial charge in [0.15, 0.2) is 0 Å². The zero-order chi connectivity index (χ0) is 23.5. The predicted molar refractivity (Wildman–Crippen MR) is 126 cm³/mol. The molecule has 2 aromatic carbocycles. The quantitative estimate of drug-likeness (QED) is 0.396. The molecule has 0 saturated carbocycles. The summed E-state index contributed by atoms with van der Waals surface area (Å²) in [6.45, 7) is 3.69. The molecular formula is C23H19ClFN5O2S. The Morgan fingerprint density at radius 1 is 1.12 bits per heavy atom. The van der Waals surface area contributed by atoms with Crippen molar-refractivity contribution in [3.63, 3.8) is 0 Å². The molecule has 0 aliphatic heterocycles. The van der Waals surface area contributed by atoms with Crippen LogP contribution in [0.2, 0.25) is 5.02 Å². The molecule has 1 atom stereocenters. The van der Waals surface area contributed by atoms with Crippen molar-refractivity contribution >= 4 is 39.8 Å². The summed E-state index contributed by atoms with van der Waals surface area (Å²) in [6, 6.07) is 12.7. The van der Waals surface area contributed by atoms with Gasteiger partial charge in [-0.3, -0.25) is 9.59 Å². The highest BCUT2D eigenvalue weighted by Gasteiger charge is 2.19. The van der Waals surface area contributed by atoms with E-state index in [1.54, 1.807) is 24.0 Å². The fourth-order valence-electron chi connectivity index (χ4n) is 3.22. The molecular weight excluding hydrogens is 465 g/mol. The van der Waals surface area contributed by atoms with Crippen molar-refractivity contribution in [2.75, 3.05) is 5.32 Å². The molecule has 4 aromatic rings. The van der Waals surface area contributed by atoms with Gasteiger partial charge < -0.3 is 10.6 Å². The average Bonchev–Trinajstić information content (AvgIpc) is 3.43. The number of nitrogens with zero attached hydrogens (tertiary/aromatic N) is 3. The number of carbonyl (C=O) groups is 2. The van der Waals surface area contributed by atoms with Crippen molar-refractivity contribution in [1.82, 2.24) is 20.1 Å². The number of anilines is 1. The minimum atomic E-state index is -0.523. The topological polar surface area (TPSA) is 88.9 Å². The van der Waals surface area contributed by atoms with Gasteiger partial charge in [0.1, 0.15) is 18.5 Å². The summed E-state index contributed by atoms with van der Waals surface area (Å²) >= 11 is 7.12. The van der Waals surface area contributed by atoms with Crippen LogP contribution < -0.4 is 10.6 Å². The number of amides is 2. The van der Waals surface area contributed by atoms with Crippen LogP contribution in [-0.2, 0) is 0 Å². The van der Waals surface area contributed by atoms with Crippen molar-refractivity contribution < 1.29 is 14.0 Å². The molecule has 0 aliphatic rings. The molecule has 0 spiro atoms.